The lowest BCUT2D eigenvalue weighted by Crippen LogP contribution is -2.33. The fraction of sp³-hybridized carbons (Fsp3) is 0.750. The van der Waals surface area contributed by atoms with Gasteiger partial charge in [-0.15, -0.1) is 12.4 Å². The molecule has 0 aliphatic rings. The highest BCUT2D eigenvalue weighted by atomic mass is 35.5. The maximum Gasteiger partial charge on any atom is 0.407 e. The number of ether oxygens (including phenoxy) is 1. The van der Waals surface area contributed by atoms with Gasteiger partial charge in [-0.25, -0.2) is 4.79 Å². The van der Waals surface area contributed by atoms with Crippen molar-refractivity contribution in [2.45, 2.75) is 32.8 Å². The van der Waals surface area contributed by atoms with Crippen LogP contribution in [0.15, 0.2) is 0 Å². The Morgan fingerprint density at radius 1 is 1.36 bits per heavy atom. The summed E-state index contributed by atoms with van der Waals surface area (Å²) in [6, 6.07) is 0. The number of carbonyl (C=O) groups is 2. The largest absolute Gasteiger partial charge is 0.481 e. The highest BCUT2D eigenvalue weighted by Crippen LogP contribution is 2.06. The zero-order valence-electron chi connectivity index (χ0n) is 8.49. The van der Waals surface area contributed by atoms with Gasteiger partial charge in [0.15, 0.2) is 0 Å². The fourth-order valence-electron chi connectivity index (χ4n) is 0.586. The van der Waals surface area contributed by atoms with Crippen molar-refractivity contribution in [3.05, 3.63) is 0 Å². The summed E-state index contributed by atoms with van der Waals surface area (Å²) in [5.41, 5.74) is -0.548. The lowest BCUT2D eigenvalue weighted by molar-refractivity contribution is -0.136. The maximum absolute atomic E-state index is 10.9. The van der Waals surface area contributed by atoms with Crippen LogP contribution in [0.2, 0.25) is 0 Å². The van der Waals surface area contributed by atoms with Gasteiger partial charge >= 0.3 is 12.1 Å². The summed E-state index contributed by atoms with van der Waals surface area (Å²) in [7, 11) is 0. The predicted molar refractivity (Wildman–Crippen MR) is 53.7 cm³/mol. The summed E-state index contributed by atoms with van der Waals surface area (Å²) in [6.45, 7) is 5.31. The summed E-state index contributed by atoms with van der Waals surface area (Å²) in [4.78, 5) is 21.0. The van der Waals surface area contributed by atoms with Gasteiger partial charge < -0.3 is 15.2 Å². The van der Waals surface area contributed by atoms with Crippen molar-refractivity contribution >= 4 is 24.5 Å². The highest BCUT2D eigenvalue weighted by Gasteiger charge is 2.15. The maximum atomic E-state index is 10.9. The summed E-state index contributed by atoms with van der Waals surface area (Å²) < 4.78 is 4.88. The molecule has 0 spiro atoms. The number of hydrogen-bond acceptors (Lipinski definition) is 3. The number of amides is 1. The third-order valence-electron chi connectivity index (χ3n) is 1.01. The number of rotatable bonds is 3. The first-order valence-corrected chi connectivity index (χ1v) is 4.00. The number of carbonyl (C=O) groups excluding carboxylic acids is 1. The van der Waals surface area contributed by atoms with E-state index >= 15 is 0 Å². The van der Waals surface area contributed by atoms with Crippen molar-refractivity contribution in [1.29, 1.82) is 0 Å². The number of halogens is 1. The molecule has 0 aliphatic heterocycles. The molecule has 0 unspecified atom stereocenters. The molecule has 0 aliphatic carbocycles. The molecule has 1 amide bonds. The van der Waals surface area contributed by atoms with Crippen LogP contribution in [-0.2, 0) is 9.53 Å². The molecule has 0 saturated heterocycles. The molecule has 0 heterocycles. The second-order valence-electron chi connectivity index (χ2n) is 3.57. The molecule has 0 atom stereocenters. The zero-order valence-corrected chi connectivity index (χ0v) is 9.31. The predicted octanol–water partition coefficient (Wildman–Crippen LogP) is 1.41. The number of nitrogens with one attached hydrogen (secondary N) is 1. The molecule has 0 rings (SSSR count). The number of aliphatic carboxylic acids is 1. The lowest BCUT2D eigenvalue weighted by Gasteiger charge is -2.19. The van der Waals surface area contributed by atoms with Gasteiger partial charge in [-0.2, -0.15) is 0 Å². The quantitative estimate of drug-likeness (QED) is 0.762. The first kappa shape index (κ1) is 15.5. The van der Waals surface area contributed by atoms with E-state index in [1.807, 2.05) is 0 Å². The molecular weight excluding hydrogens is 210 g/mol. The van der Waals surface area contributed by atoms with Crippen LogP contribution >= 0.6 is 12.4 Å². The summed E-state index contributed by atoms with van der Waals surface area (Å²) in [5.74, 6) is -0.948. The lowest BCUT2D eigenvalue weighted by atomic mass is 10.2. The number of alkyl carbamates (subject to hydrolysis) is 1. The van der Waals surface area contributed by atoms with Gasteiger partial charge in [0.25, 0.3) is 0 Å². The Morgan fingerprint density at radius 3 is 2.21 bits per heavy atom. The summed E-state index contributed by atoms with van der Waals surface area (Å²) in [6.07, 6.45) is -0.687. The number of carboxylic acid groups (broad SMARTS) is 1. The van der Waals surface area contributed by atoms with E-state index < -0.39 is 17.7 Å². The Balaban J connectivity index is 0. The average molecular weight is 226 g/mol. The van der Waals surface area contributed by atoms with Gasteiger partial charge in [-0.1, -0.05) is 0 Å². The van der Waals surface area contributed by atoms with Crippen molar-refractivity contribution in [2.24, 2.45) is 0 Å². The van der Waals surface area contributed by atoms with Gasteiger partial charge in [-0.05, 0) is 20.8 Å². The third-order valence-corrected chi connectivity index (χ3v) is 1.01. The smallest absolute Gasteiger partial charge is 0.407 e. The van der Waals surface area contributed by atoms with Crippen molar-refractivity contribution < 1.29 is 19.4 Å². The molecule has 2 N–H and O–H groups in total. The fourth-order valence-corrected chi connectivity index (χ4v) is 0.586. The van der Waals surface area contributed by atoms with Gasteiger partial charge in [0, 0.05) is 6.54 Å². The molecule has 0 aromatic rings. The standard InChI is InChI=1S/C8H15NO4.ClH/c1-8(2,3)13-7(12)9-5-4-6(10)11;/h4-5H2,1-3H3,(H,9,12)(H,10,11);1H. The average Bonchev–Trinajstić information content (AvgIpc) is 1.81. The van der Waals surface area contributed by atoms with Gasteiger partial charge in [-0.3, -0.25) is 4.79 Å². The Bertz CT molecular complexity index is 200. The van der Waals surface area contributed by atoms with Gasteiger partial charge in [0.1, 0.15) is 5.60 Å². The van der Waals surface area contributed by atoms with Crippen LogP contribution in [0.25, 0.3) is 0 Å². The Labute approximate surface area is 89.2 Å². The van der Waals surface area contributed by atoms with Crippen LogP contribution in [0.3, 0.4) is 0 Å². The third kappa shape index (κ3) is 11.0. The first-order chi connectivity index (χ1) is 5.81. The minimum Gasteiger partial charge on any atom is -0.481 e. The van der Waals surface area contributed by atoms with E-state index in [2.05, 4.69) is 5.32 Å². The zero-order chi connectivity index (χ0) is 10.5. The van der Waals surface area contributed by atoms with Crippen LogP contribution in [-0.4, -0.2) is 29.3 Å². The van der Waals surface area contributed by atoms with E-state index in [0.29, 0.717) is 0 Å². The van der Waals surface area contributed by atoms with E-state index in [1.54, 1.807) is 20.8 Å². The molecule has 5 nitrogen and oxygen atoms in total. The molecular formula is C8H16ClNO4. The molecule has 0 aromatic carbocycles. The Morgan fingerprint density at radius 2 is 1.86 bits per heavy atom. The molecule has 14 heavy (non-hydrogen) atoms. The first-order valence-electron chi connectivity index (χ1n) is 4.00. The minimum atomic E-state index is -0.948. The van der Waals surface area contributed by atoms with Crippen LogP contribution < -0.4 is 5.32 Å². The monoisotopic (exact) mass is 225 g/mol. The van der Waals surface area contributed by atoms with E-state index in [0.717, 1.165) is 0 Å². The molecule has 0 aromatic heterocycles. The topological polar surface area (TPSA) is 75.6 Å². The van der Waals surface area contributed by atoms with E-state index in [-0.39, 0.29) is 25.4 Å². The van der Waals surface area contributed by atoms with E-state index in [9.17, 15) is 9.59 Å². The van der Waals surface area contributed by atoms with E-state index in [4.69, 9.17) is 9.84 Å². The molecule has 0 bridgehead atoms. The van der Waals surface area contributed by atoms with Gasteiger partial charge in [0.2, 0.25) is 0 Å². The van der Waals surface area contributed by atoms with Crippen molar-refractivity contribution in [1.82, 2.24) is 5.32 Å². The summed E-state index contributed by atoms with van der Waals surface area (Å²) >= 11 is 0. The molecule has 0 saturated carbocycles. The molecule has 6 heteroatoms. The highest BCUT2D eigenvalue weighted by molar-refractivity contribution is 5.85. The normalized spacial score (nSPS) is 9.93. The summed E-state index contributed by atoms with van der Waals surface area (Å²) in [5, 5.41) is 10.6. The van der Waals surface area contributed by atoms with Crippen LogP contribution in [0.4, 0.5) is 4.79 Å². The van der Waals surface area contributed by atoms with Crippen LogP contribution in [0, 0.1) is 0 Å². The van der Waals surface area contributed by atoms with Crippen molar-refractivity contribution in [3.63, 3.8) is 0 Å². The number of carboxylic acids is 1. The molecule has 0 fully saturated rings. The Hall–Kier alpha value is -0.970. The van der Waals surface area contributed by atoms with Crippen LogP contribution in [0.5, 0.6) is 0 Å². The van der Waals surface area contributed by atoms with Gasteiger partial charge in [0.05, 0.1) is 6.42 Å². The second-order valence-corrected chi connectivity index (χ2v) is 3.57. The Kier molecular flexibility index (Phi) is 7.17. The number of hydrogen-bond donors (Lipinski definition) is 2. The van der Waals surface area contributed by atoms with Crippen molar-refractivity contribution in [3.8, 4) is 0 Å². The van der Waals surface area contributed by atoms with E-state index in [1.165, 1.54) is 0 Å². The molecule has 84 valence electrons. The second kappa shape index (κ2) is 6.48. The SMILES string of the molecule is CC(C)(C)OC(=O)NCCC(=O)O.Cl. The van der Waals surface area contributed by atoms with Crippen LogP contribution in [0.1, 0.15) is 27.2 Å². The van der Waals surface area contributed by atoms with Crippen molar-refractivity contribution in [2.75, 3.05) is 6.54 Å². The molecule has 0 radical (unpaired) electrons. The minimum absolute atomic E-state index is 0.